The maximum absolute atomic E-state index is 10.7. The molecule has 5 heteroatoms. The highest BCUT2D eigenvalue weighted by molar-refractivity contribution is 6.17. The SMILES string of the molecule is COC1(OCCCCl)C=CC(C(=O)O)C=C1. The molecule has 0 aromatic carbocycles. The van der Waals surface area contributed by atoms with Crippen molar-refractivity contribution in [2.75, 3.05) is 19.6 Å². The van der Waals surface area contributed by atoms with E-state index in [1.807, 2.05) is 0 Å². The number of carboxylic acid groups (broad SMARTS) is 1. The number of ether oxygens (including phenoxy) is 2. The van der Waals surface area contributed by atoms with Gasteiger partial charge in [-0.25, -0.2) is 0 Å². The Kier molecular flexibility index (Phi) is 4.99. The van der Waals surface area contributed by atoms with Crippen LogP contribution >= 0.6 is 11.6 Å². The van der Waals surface area contributed by atoms with Crippen molar-refractivity contribution in [2.24, 2.45) is 5.92 Å². The van der Waals surface area contributed by atoms with E-state index < -0.39 is 17.7 Å². The summed E-state index contributed by atoms with van der Waals surface area (Å²) in [6.45, 7) is 0.462. The molecule has 90 valence electrons. The third-order valence-corrected chi connectivity index (χ3v) is 2.55. The molecule has 4 nitrogen and oxygen atoms in total. The largest absolute Gasteiger partial charge is 0.481 e. The van der Waals surface area contributed by atoms with Crippen LogP contribution in [0.15, 0.2) is 24.3 Å². The van der Waals surface area contributed by atoms with E-state index in [9.17, 15) is 4.79 Å². The molecular weight excluding hydrogens is 232 g/mol. The Hall–Kier alpha value is -0.840. The molecule has 0 saturated carbocycles. The number of hydrogen-bond donors (Lipinski definition) is 1. The highest BCUT2D eigenvalue weighted by atomic mass is 35.5. The van der Waals surface area contributed by atoms with Crippen molar-refractivity contribution in [3.8, 4) is 0 Å². The molecule has 0 saturated heterocycles. The Balaban J connectivity index is 2.60. The summed E-state index contributed by atoms with van der Waals surface area (Å²) in [5.74, 6) is -1.93. The molecule has 0 radical (unpaired) electrons. The normalized spacial score (nSPS) is 28.2. The maximum atomic E-state index is 10.7. The zero-order chi connectivity index (χ0) is 12.0. The van der Waals surface area contributed by atoms with E-state index in [0.29, 0.717) is 12.5 Å². The zero-order valence-electron chi connectivity index (χ0n) is 9.06. The Morgan fingerprint density at radius 2 is 2.12 bits per heavy atom. The highest BCUT2D eigenvalue weighted by Crippen LogP contribution is 2.23. The quantitative estimate of drug-likeness (QED) is 0.336. The predicted molar refractivity (Wildman–Crippen MR) is 60.4 cm³/mol. The summed E-state index contributed by atoms with van der Waals surface area (Å²) in [5, 5.41) is 8.79. The standard InChI is InChI=1S/C11H15ClO4/c1-15-11(16-8-2-7-12)5-3-9(4-6-11)10(13)14/h3-6,9H,2,7-8H2,1H3,(H,13,14). The van der Waals surface area contributed by atoms with E-state index in [1.165, 1.54) is 7.11 Å². The molecule has 1 aliphatic rings. The van der Waals surface area contributed by atoms with Crippen LogP contribution in [-0.2, 0) is 14.3 Å². The van der Waals surface area contributed by atoms with E-state index in [4.69, 9.17) is 26.2 Å². The van der Waals surface area contributed by atoms with Crippen LogP contribution in [0.5, 0.6) is 0 Å². The summed E-state index contributed by atoms with van der Waals surface area (Å²) in [5.41, 5.74) is 0. The lowest BCUT2D eigenvalue weighted by Crippen LogP contribution is -2.33. The molecule has 0 aliphatic heterocycles. The minimum absolute atomic E-state index is 0.462. The van der Waals surface area contributed by atoms with Gasteiger partial charge in [-0.15, -0.1) is 11.6 Å². The summed E-state index contributed by atoms with van der Waals surface area (Å²) in [7, 11) is 1.51. The Bertz CT molecular complexity index is 284. The Labute approximate surface area is 99.5 Å². The summed E-state index contributed by atoms with van der Waals surface area (Å²) in [4.78, 5) is 10.7. The fourth-order valence-corrected chi connectivity index (χ4v) is 1.45. The minimum Gasteiger partial charge on any atom is -0.481 e. The number of methoxy groups -OCH3 is 1. The van der Waals surface area contributed by atoms with E-state index in [1.54, 1.807) is 24.3 Å². The van der Waals surface area contributed by atoms with Crippen LogP contribution in [0.3, 0.4) is 0 Å². The highest BCUT2D eigenvalue weighted by Gasteiger charge is 2.29. The van der Waals surface area contributed by atoms with Gasteiger partial charge in [-0.05, 0) is 18.6 Å². The predicted octanol–water partition coefficient (Wildman–Crippen LogP) is 1.80. The van der Waals surface area contributed by atoms with E-state index in [0.717, 1.165) is 6.42 Å². The summed E-state index contributed by atoms with van der Waals surface area (Å²) in [6, 6.07) is 0. The fraction of sp³-hybridized carbons (Fsp3) is 0.545. The van der Waals surface area contributed by atoms with Crippen molar-refractivity contribution in [2.45, 2.75) is 12.2 Å². The van der Waals surface area contributed by atoms with Crippen LogP contribution in [0, 0.1) is 5.92 Å². The molecule has 16 heavy (non-hydrogen) atoms. The Morgan fingerprint density at radius 3 is 2.56 bits per heavy atom. The lowest BCUT2D eigenvalue weighted by molar-refractivity contribution is -0.155. The molecule has 0 fully saturated rings. The number of halogens is 1. The van der Waals surface area contributed by atoms with Crippen LogP contribution in [0.4, 0.5) is 0 Å². The first-order valence-corrected chi connectivity index (χ1v) is 5.53. The minimum atomic E-state index is -0.946. The maximum Gasteiger partial charge on any atom is 0.314 e. The monoisotopic (exact) mass is 246 g/mol. The number of carboxylic acids is 1. The van der Waals surface area contributed by atoms with Crippen LogP contribution in [0.25, 0.3) is 0 Å². The van der Waals surface area contributed by atoms with Crippen molar-refractivity contribution in [3.63, 3.8) is 0 Å². The van der Waals surface area contributed by atoms with Gasteiger partial charge in [0.25, 0.3) is 0 Å². The fourth-order valence-electron chi connectivity index (χ4n) is 1.34. The van der Waals surface area contributed by atoms with E-state index >= 15 is 0 Å². The van der Waals surface area contributed by atoms with Crippen LogP contribution in [0.1, 0.15) is 6.42 Å². The summed E-state index contributed by atoms with van der Waals surface area (Å²) >= 11 is 5.54. The smallest absolute Gasteiger partial charge is 0.314 e. The molecular formula is C11H15ClO4. The second-order valence-corrected chi connectivity index (χ2v) is 3.78. The first-order valence-electron chi connectivity index (χ1n) is 5.00. The van der Waals surface area contributed by atoms with Crippen molar-refractivity contribution in [3.05, 3.63) is 24.3 Å². The van der Waals surface area contributed by atoms with Crippen LogP contribution in [-0.4, -0.2) is 36.5 Å². The number of alkyl halides is 1. The van der Waals surface area contributed by atoms with Gasteiger partial charge in [0.1, 0.15) is 0 Å². The van der Waals surface area contributed by atoms with Gasteiger partial charge in [0, 0.05) is 13.0 Å². The molecule has 0 aromatic rings. The second-order valence-electron chi connectivity index (χ2n) is 3.40. The number of rotatable bonds is 6. The molecule has 0 atom stereocenters. The van der Waals surface area contributed by atoms with Gasteiger partial charge < -0.3 is 14.6 Å². The molecule has 0 amide bonds. The molecule has 0 aromatic heterocycles. The molecule has 0 heterocycles. The number of carbonyl (C=O) groups is 1. The average molecular weight is 247 g/mol. The number of hydrogen-bond acceptors (Lipinski definition) is 3. The van der Waals surface area contributed by atoms with E-state index in [-0.39, 0.29) is 0 Å². The van der Waals surface area contributed by atoms with Gasteiger partial charge in [-0.2, -0.15) is 0 Å². The molecule has 0 bridgehead atoms. The zero-order valence-corrected chi connectivity index (χ0v) is 9.81. The first-order chi connectivity index (χ1) is 7.63. The molecule has 1 rings (SSSR count). The summed E-state index contributed by atoms with van der Waals surface area (Å²) < 4.78 is 10.7. The van der Waals surface area contributed by atoms with Crippen LogP contribution in [0.2, 0.25) is 0 Å². The van der Waals surface area contributed by atoms with Gasteiger partial charge in [-0.1, -0.05) is 12.2 Å². The third-order valence-electron chi connectivity index (χ3n) is 2.28. The van der Waals surface area contributed by atoms with Gasteiger partial charge in [-0.3, -0.25) is 4.79 Å². The molecule has 1 N–H and O–H groups in total. The summed E-state index contributed by atoms with van der Waals surface area (Å²) in [6.07, 6.45) is 7.04. The van der Waals surface area contributed by atoms with Gasteiger partial charge in [0.05, 0.1) is 12.5 Å². The molecule has 0 spiro atoms. The van der Waals surface area contributed by atoms with Crippen molar-refractivity contribution >= 4 is 17.6 Å². The third kappa shape index (κ3) is 3.33. The van der Waals surface area contributed by atoms with Crippen LogP contribution < -0.4 is 0 Å². The second kappa shape index (κ2) is 6.03. The lowest BCUT2D eigenvalue weighted by atomic mass is 10.00. The molecule has 0 unspecified atom stereocenters. The number of aliphatic carboxylic acids is 1. The topological polar surface area (TPSA) is 55.8 Å². The van der Waals surface area contributed by atoms with Gasteiger partial charge >= 0.3 is 5.97 Å². The average Bonchev–Trinajstić information content (AvgIpc) is 2.30. The van der Waals surface area contributed by atoms with Crippen molar-refractivity contribution < 1.29 is 19.4 Å². The lowest BCUT2D eigenvalue weighted by Gasteiger charge is -2.28. The molecule has 1 aliphatic carbocycles. The Morgan fingerprint density at radius 1 is 1.50 bits per heavy atom. The van der Waals surface area contributed by atoms with Gasteiger partial charge in [0.15, 0.2) is 0 Å². The first kappa shape index (κ1) is 13.2. The van der Waals surface area contributed by atoms with E-state index in [2.05, 4.69) is 0 Å². The van der Waals surface area contributed by atoms with Crippen molar-refractivity contribution in [1.82, 2.24) is 0 Å². The van der Waals surface area contributed by atoms with Crippen molar-refractivity contribution in [1.29, 1.82) is 0 Å². The van der Waals surface area contributed by atoms with Gasteiger partial charge in [0.2, 0.25) is 5.79 Å².